The van der Waals surface area contributed by atoms with Gasteiger partial charge in [0.1, 0.15) is 5.75 Å². The van der Waals surface area contributed by atoms with E-state index in [1.807, 2.05) is 30.3 Å². The molecule has 0 unspecified atom stereocenters. The zero-order valence-electron chi connectivity index (χ0n) is 10.8. The molecule has 2 N–H and O–H groups in total. The second kappa shape index (κ2) is 6.58. The molecule has 0 spiro atoms. The molecule has 0 fully saturated rings. The molecule has 1 amide bonds. The Labute approximate surface area is 112 Å². The number of carbonyl (C=O) groups excluding carboxylic acids is 1. The van der Waals surface area contributed by atoms with Gasteiger partial charge in [0.05, 0.1) is 19.3 Å². The number of para-hydroxylation sites is 1. The van der Waals surface area contributed by atoms with Crippen LogP contribution in [0, 0.1) is 0 Å². The standard InChI is InChI=1S/C14H17N3O2/c1-19-13-5-3-2-4-11(13)6-7-14(18)15-10-12-8-9-16-17-12/h2-5,8-9H,6-7,10H2,1H3,(H,15,18)(H,16,17). The quantitative estimate of drug-likeness (QED) is 0.829. The molecular formula is C14H17N3O2. The Bertz CT molecular complexity index is 523. The summed E-state index contributed by atoms with van der Waals surface area (Å²) < 4.78 is 5.25. The topological polar surface area (TPSA) is 67.0 Å². The first-order valence-electron chi connectivity index (χ1n) is 6.16. The van der Waals surface area contributed by atoms with Crippen LogP contribution in [-0.2, 0) is 17.8 Å². The van der Waals surface area contributed by atoms with Crippen molar-refractivity contribution < 1.29 is 9.53 Å². The molecule has 2 rings (SSSR count). The van der Waals surface area contributed by atoms with Crippen LogP contribution >= 0.6 is 0 Å². The van der Waals surface area contributed by atoms with Gasteiger partial charge >= 0.3 is 0 Å². The summed E-state index contributed by atoms with van der Waals surface area (Å²) in [5.74, 6) is 0.837. The molecular weight excluding hydrogens is 242 g/mol. The van der Waals surface area contributed by atoms with Gasteiger partial charge in [0.2, 0.25) is 5.91 Å². The number of H-pyrrole nitrogens is 1. The maximum absolute atomic E-state index is 11.7. The summed E-state index contributed by atoms with van der Waals surface area (Å²) in [6.07, 6.45) is 2.77. The van der Waals surface area contributed by atoms with Crippen molar-refractivity contribution in [1.29, 1.82) is 0 Å². The van der Waals surface area contributed by atoms with E-state index in [1.54, 1.807) is 13.3 Å². The van der Waals surface area contributed by atoms with E-state index in [4.69, 9.17) is 4.74 Å². The van der Waals surface area contributed by atoms with Crippen molar-refractivity contribution >= 4 is 5.91 Å². The fourth-order valence-corrected chi connectivity index (χ4v) is 1.82. The summed E-state index contributed by atoms with van der Waals surface area (Å²) in [7, 11) is 1.64. The molecule has 0 saturated carbocycles. The van der Waals surface area contributed by atoms with Crippen molar-refractivity contribution in [2.75, 3.05) is 7.11 Å². The highest BCUT2D eigenvalue weighted by atomic mass is 16.5. The average Bonchev–Trinajstić information content (AvgIpc) is 2.96. The van der Waals surface area contributed by atoms with Gasteiger partial charge in [-0.05, 0) is 24.1 Å². The predicted octanol–water partition coefficient (Wildman–Crippen LogP) is 1.67. The third-order valence-electron chi connectivity index (χ3n) is 2.85. The summed E-state index contributed by atoms with van der Waals surface area (Å²) >= 11 is 0. The highest BCUT2D eigenvalue weighted by Crippen LogP contribution is 2.18. The number of hydrogen-bond acceptors (Lipinski definition) is 3. The number of rotatable bonds is 6. The smallest absolute Gasteiger partial charge is 0.220 e. The van der Waals surface area contributed by atoms with Crippen molar-refractivity contribution in [2.45, 2.75) is 19.4 Å². The summed E-state index contributed by atoms with van der Waals surface area (Å²) in [6.45, 7) is 0.477. The number of ether oxygens (including phenoxy) is 1. The van der Waals surface area contributed by atoms with Gasteiger partial charge in [-0.1, -0.05) is 18.2 Å². The van der Waals surface area contributed by atoms with Crippen LogP contribution in [0.25, 0.3) is 0 Å². The van der Waals surface area contributed by atoms with Crippen molar-refractivity contribution in [3.63, 3.8) is 0 Å². The molecule has 1 aromatic heterocycles. The lowest BCUT2D eigenvalue weighted by Gasteiger charge is -2.08. The van der Waals surface area contributed by atoms with Crippen LogP contribution < -0.4 is 10.1 Å². The van der Waals surface area contributed by atoms with Crippen LogP contribution in [0.3, 0.4) is 0 Å². The first kappa shape index (κ1) is 13.1. The number of aromatic amines is 1. The SMILES string of the molecule is COc1ccccc1CCC(=O)NCc1ccn[nH]1. The average molecular weight is 259 g/mol. The summed E-state index contributed by atoms with van der Waals surface area (Å²) in [4.78, 5) is 11.7. The minimum Gasteiger partial charge on any atom is -0.496 e. The van der Waals surface area contributed by atoms with Crippen LogP contribution in [0.2, 0.25) is 0 Å². The lowest BCUT2D eigenvalue weighted by Crippen LogP contribution is -2.23. The van der Waals surface area contributed by atoms with Crippen molar-refractivity contribution in [3.8, 4) is 5.75 Å². The van der Waals surface area contributed by atoms with Crippen molar-refractivity contribution in [2.24, 2.45) is 0 Å². The number of aromatic nitrogens is 2. The molecule has 2 aromatic rings. The van der Waals surface area contributed by atoms with Gasteiger partial charge in [-0.25, -0.2) is 0 Å². The molecule has 5 nitrogen and oxygen atoms in total. The maximum atomic E-state index is 11.7. The zero-order valence-corrected chi connectivity index (χ0v) is 10.8. The van der Waals surface area contributed by atoms with E-state index < -0.39 is 0 Å². The highest BCUT2D eigenvalue weighted by Gasteiger charge is 2.06. The first-order valence-corrected chi connectivity index (χ1v) is 6.16. The van der Waals surface area contributed by atoms with Gasteiger partial charge in [-0.15, -0.1) is 0 Å². The number of carbonyl (C=O) groups is 1. The predicted molar refractivity (Wildman–Crippen MR) is 71.7 cm³/mol. The monoisotopic (exact) mass is 259 g/mol. The third kappa shape index (κ3) is 3.84. The number of nitrogens with one attached hydrogen (secondary N) is 2. The molecule has 1 aromatic carbocycles. The molecule has 100 valence electrons. The Morgan fingerprint density at radius 1 is 1.37 bits per heavy atom. The minimum absolute atomic E-state index is 0.0144. The number of aryl methyl sites for hydroxylation is 1. The number of hydrogen-bond donors (Lipinski definition) is 2. The molecule has 0 radical (unpaired) electrons. The summed E-state index contributed by atoms with van der Waals surface area (Å²) in [5.41, 5.74) is 1.94. The first-order chi connectivity index (χ1) is 9.29. The van der Waals surface area contributed by atoms with Crippen LogP contribution in [0.1, 0.15) is 17.7 Å². The molecule has 0 bridgehead atoms. The van der Waals surface area contributed by atoms with E-state index in [2.05, 4.69) is 15.5 Å². The van der Waals surface area contributed by atoms with Gasteiger partial charge in [0, 0.05) is 12.6 Å². The molecule has 0 atom stereocenters. The normalized spacial score (nSPS) is 10.2. The molecule has 19 heavy (non-hydrogen) atoms. The van der Waals surface area contributed by atoms with E-state index in [0.717, 1.165) is 17.0 Å². The summed E-state index contributed by atoms with van der Waals surface area (Å²) in [6, 6.07) is 9.57. The second-order valence-electron chi connectivity index (χ2n) is 4.17. The van der Waals surface area contributed by atoms with Gasteiger partial charge in [-0.2, -0.15) is 5.10 Å². The van der Waals surface area contributed by atoms with Crippen LogP contribution in [0.5, 0.6) is 5.75 Å². The Morgan fingerprint density at radius 2 is 2.21 bits per heavy atom. The van der Waals surface area contributed by atoms with Gasteiger partial charge in [0.25, 0.3) is 0 Å². The Kier molecular flexibility index (Phi) is 4.55. The van der Waals surface area contributed by atoms with Gasteiger partial charge in [0.15, 0.2) is 0 Å². The number of methoxy groups -OCH3 is 1. The Hall–Kier alpha value is -2.30. The van der Waals surface area contributed by atoms with Crippen LogP contribution in [-0.4, -0.2) is 23.2 Å². The van der Waals surface area contributed by atoms with E-state index in [-0.39, 0.29) is 5.91 Å². The molecule has 0 aliphatic heterocycles. The fraction of sp³-hybridized carbons (Fsp3) is 0.286. The van der Waals surface area contributed by atoms with Gasteiger partial charge < -0.3 is 10.1 Å². The molecule has 1 heterocycles. The largest absolute Gasteiger partial charge is 0.496 e. The third-order valence-corrected chi connectivity index (χ3v) is 2.85. The highest BCUT2D eigenvalue weighted by molar-refractivity contribution is 5.76. The number of nitrogens with zero attached hydrogens (tertiary/aromatic N) is 1. The van der Waals surface area contributed by atoms with E-state index >= 15 is 0 Å². The molecule has 5 heteroatoms. The second-order valence-corrected chi connectivity index (χ2v) is 4.17. The number of benzene rings is 1. The minimum atomic E-state index is 0.0144. The van der Waals surface area contributed by atoms with E-state index in [9.17, 15) is 4.79 Å². The summed E-state index contributed by atoms with van der Waals surface area (Å²) in [5, 5.41) is 9.47. The zero-order chi connectivity index (χ0) is 13.5. The van der Waals surface area contributed by atoms with Crippen molar-refractivity contribution in [1.82, 2.24) is 15.5 Å². The van der Waals surface area contributed by atoms with Gasteiger partial charge in [-0.3, -0.25) is 9.89 Å². The Morgan fingerprint density at radius 3 is 2.95 bits per heavy atom. The molecule has 0 aliphatic rings. The van der Waals surface area contributed by atoms with E-state index in [0.29, 0.717) is 19.4 Å². The van der Waals surface area contributed by atoms with E-state index in [1.165, 1.54) is 0 Å². The van der Waals surface area contributed by atoms with Crippen LogP contribution in [0.4, 0.5) is 0 Å². The lowest BCUT2D eigenvalue weighted by atomic mass is 10.1. The fourth-order valence-electron chi connectivity index (χ4n) is 1.82. The Balaban J connectivity index is 1.80. The molecule has 0 saturated heterocycles. The number of amides is 1. The van der Waals surface area contributed by atoms with Crippen LogP contribution in [0.15, 0.2) is 36.5 Å². The van der Waals surface area contributed by atoms with Crippen molar-refractivity contribution in [3.05, 3.63) is 47.8 Å². The maximum Gasteiger partial charge on any atom is 0.220 e. The lowest BCUT2D eigenvalue weighted by molar-refractivity contribution is -0.121. The molecule has 0 aliphatic carbocycles.